The standard InChI is InChI=1S/C20H31N5O2/c1-21-20(22-14-18-9-6-10-24(18)11-12-27-2)23-16-13-19(26)25(15-16)17-7-4-3-5-8-17/h3-5,7-8,16,18H,6,9-15H2,1-2H3,(H2,21,22,23). The summed E-state index contributed by atoms with van der Waals surface area (Å²) in [6.07, 6.45) is 2.90. The number of para-hydroxylation sites is 1. The highest BCUT2D eigenvalue weighted by Gasteiger charge is 2.31. The van der Waals surface area contributed by atoms with Crippen molar-refractivity contribution in [2.24, 2.45) is 4.99 Å². The van der Waals surface area contributed by atoms with Crippen LogP contribution in [0.3, 0.4) is 0 Å². The van der Waals surface area contributed by atoms with Crippen molar-refractivity contribution in [1.29, 1.82) is 0 Å². The van der Waals surface area contributed by atoms with E-state index >= 15 is 0 Å². The summed E-state index contributed by atoms with van der Waals surface area (Å²) in [6, 6.07) is 10.4. The van der Waals surface area contributed by atoms with Gasteiger partial charge in [0, 0.05) is 51.9 Å². The molecule has 7 nitrogen and oxygen atoms in total. The van der Waals surface area contributed by atoms with Crippen molar-refractivity contribution in [3.63, 3.8) is 0 Å². The number of ether oxygens (including phenoxy) is 1. The Bertz CT molecular complexity index is 637. The van der Waals surface area contributed by atoms with Crippen molar-refractivity contribution in [1.82, 2.24) is 15.5 Å². The first-order valence-electron chi connectivity index (χ1n) is 9.77. The maximum atomic E-state index is 12.4. The van der Waals surface area contributed by atoms with Crippen LogP contribution >= 0.6 is 0 Å². The van der Waals surface area contributed by atoms with Crippen molar-refractivity contribution in [3.05, 3.63) is 30.3 Å². The van der Waals surface area contributed by atoms with E-state index < -0.39 is 0 Å². The number of carbonyl (C=O) groups excluding carboxylic acids is 1. The van der Waals surface area contributed by atoms with Crippen LogP contribution in [0.5, 0.6) is 0 Å². The highest BCUT2D eigenvalue weighted by atomic mass is 16.5. The van der Waals surface area contributed by atoms with E-state index in [1.165, 1.54) is 12.8 Å². The predicted molar refractivity (Wildman–Crippen MR) is 108 cm³/mol. The Kier molecular flexibility index (Phi) is 7.06. The lowest BCUT2D eigenvalue weighted by Crippen LogP contribution is -2.48. The van der Waals surface area contributed by atoms with Gasteiger partial charge in [0.25, 0.3) is 0 Å². The molecular formula is C20H31N5O2. The van der Waals surface area contributed by atoms with Gasteiger partial charge in [-0.15, -0.1) is 0 Å². The van der Waals surface area contributed by atoms with Crippen LogP contribution in [0.25, 0.3) is 0 Å². The summed E-state index contributed by atoms with van der Waals surface area (Å²) in [7, 11) is 3.52. The molecule has 2 unspecified atom stereocenters. The second-order valence-corrected chi connectivity index (χ2v) is 7.16. The monoisotopic (exact) mass is 373 g/mol. The van der Waals surface area contributed by atoms with Crippen molar-refractivity contribution in [2.45, 2.75) is 31.3 Å². The number of rotatable bonds is 7. The van der Waals surface area contributed by atoms with Gasteiger partial charge in [-0.25, -0.2) is 0 Å². The molecule has 2 N–H and O–H groups in total. The van der Waals surface area contributed by atoms with Gasteiger partial charge in [0.2, 0.25) is 5.91 Å². The Morgan fingerprint density at radius 2 is 2.15 bits per heavy atom. The number of nitrogens with one attached hydrogen (secondary N) is 2. The second-order valence-electron chi connectivity index (χ2n) is 7.16. The molecule has 2 aliphatic heterocycles. The van der Waals surface area contributed by atoms with E-state index in [1.807, 2.05) is 35.2 Å². The normalized spacial score (nSPS) is 23.9. The molecule has 2 saturated heterocycles. The first-order chi connectivity index (χ1) is 13.2. The van der Waals surface area contributed by atoms with Crippen LogP contribution in [0, 0.1) is 0 Å². The van der Waals surface area contributed by atoms with Crippen LogP contribution in [0.1, 0.15) is 19.3 Å². The van der Waals surface area contributed by atoms with E-state index in [0.717, 1.165) is 37.9 Å². The molecule has 2 aliphatic rings. The van der Waals surface area contributed by atoms with Crippen LogP contribution in [0.15, 0.2) is 35.3 Å². The predicted octanol–water partition coefficient (Wildman–Crippen LogP) is 1.07. The number of carbonyl (C=O) groups is 1. The molecule has 27 heavy (non-hydrogen) atoms. The molecule has 3 rings (SSSR count). The highest BCUT2D eigenvalue weighted by molar-refractivity contribution is 5.97. The summed E-state index contributed by atoms with van der Waals surface area (Å²) in [4.78, 5) is 21.0. The van der Waals surface area contributed by atoms with Gasteiger partial charge in [0.05, 0.1) is 12.6 Å². The average Bonchev–Trinajstić information content (AvgIpc) is 3.30. The number of hydrogen-bond donors (Lipinski definition) is 2. The van der Waals surface area contributed by atoms with Gasteiger partial charge in [-0.05, 0) is 31.5 Å². The molecule has 1 aromatic rings. The fourth-order valence-electron chi connectivity index (χ4n) is 3.89. The van der Waals surface area contributed by atoms with Crippen LogP contribution in [0.4, 0.5) is 5.69 Å². The third-order valence-electron chi connectivity index (χ3n) is 5.34. The molecule has 0 saturated carbocycles. The summed E-state index contributed by atoms with van der Waals surface area (Å²) in [5.74, 6) is 0.914. The number of guanidine groups is 1. The van der Waals surface area contributed by atoms with Gasteiger partial charge < -0.3 is 20.3 Å². The molecule has 0 aliphatic carbocycles. The maximum Gasteiger partial charge on any atom is 0.229 e. The van der Waals surface area contributed by atoms with E-state index in [9.17, 15) is 4.79 Å². The van der Waals surface area contributed by atoms with Crippen LogP contribution in [-0.2, 0) is 9.53 Å². The topological polar surface area (TPSA) is 69.2 Å². The van der Waals surface area contributed by atoms with E-state index in [0.29, 0.717) is 19.0 Å². The van der Waals surface area contributed by atoms with Crippen molar-refractivity contribution in [2.75, 3.05) is 51.8 Å². The minimum absolute atomic E-state index is 0.0667. The molecule has 1 aromatic carbocycles. The van der Waals surface area contributed by atoms with Gasteiger partial charge in [-0.2, -0.15) is 0 Å². The lowest BCUT2D eigenvalue weighted by molar-refractivity contribution is -0.117. The van der Waals surface area contributed by atoms with Gasteiger partial charge in [-0.3, -0.25) is 14.7 Å². The number of anilines is 1. The molecule has 148 valence electrons. The molecule has 2 fully saturated rings. The lowest BCUT2D eigenvalue weighted by atomic mass is 10.2. The molecule has 0 bridgehead atoms. The number of amides is 1. The highest BCUT2D eigenvalue weighted by Crippen LogP contribution is 2.21. The first kappa shape index (κ1) is 19.6. The summed E-state index contributed by atoms with van der Waals surface area (Å²) >= 11 is 0. The number of likely N-dealkylation sites (tertiary alicyclic amines) is 1. The summed E-state index contributed by atoms with van der Waals surface area (Å²) in [5, 5.41) is 6.85. The van der Waals surface area contributed by atoms with Crippen LogP contribution < -0.4 is 15.5 Å². The number of nitrogens with zero attached hydrogens (tertiary/aromatic N) is 3. The van der Waals surface area contributed by atoms with E-state index in [2.05, 4.69) is 20.5 Å². The maximum absolute atomic E-state index is 12.4. The molecule has 0 spiro atoms. The summed E-state index contributed by atoms with van der Waals surface area (Å²) < 4.78 is 5.21. The minimum Gasteiger partial charge on any atom is -0.383 e. The SMILES string of the molecule is CN=C(NCC1CCCN1CCOC)NC1CC(=O)N(c2ccccc2)C1. The Hall–Kier alpha value is -2.12. The zero-order valence-electron chi connectivity index (χ0n) is 16.4. The van der Waals surface area contributed by atoms with Crippen molar-refractivity contribution >= 4 is 17.6 Å². The zero-order chi connectivity index (χ0) is 19.1. The summed E-state index contributed by atoms with van der Waals surface area (Å²) in [5.41, 5.74) is 0.953. The average molecular weight is 374 g/mol. The van der Waals surface area contributed by atoms with Crippen LogP contribution in [0.2, 0.25) is 0 Å². The summed E-state index contributed by atoms with van der Waals surface area (Å²) in [6.45, 7) is 4.38. The lowest BCUT2D eigenvalue weighted by Gasteiger charge is -2.25. The Morgan fingerprint density at radius 3 is 2.89 bits per heavy atom. The fraction of sp³-hybridized carbons (Fsp3) is 0.600. The van der Waals surface area contributed by atoms with E-state index in [4.69, 9.17) is 4.74 Å². The molecule has 7 heteroatoms. The smallest absolute Gasteiger partial charge is 0.229 e. The number of methoxy groups -OCH3 is 1. The van der Waals surface area contributed by atoms with Gasteiger partial charge >= 0.3 is 0 Å². The van der Waals surface area contributed by atoms with Crippen LogP contribution in [-0.4, -0.2) is 75.8 Å². The molecular weight excluding hydrogens is 342 g/mol. The molecule has 0 aromatic heterocycles. The van der Waals surface area contributed by atoms with E-state index in [-0.39, 0.29) is 11.9 Å². The third-order valence-corrected chi connectivity index (χ3v) is 5.34. The zero-order valence-corrected chi connectivity index (χ0v) is 16.4. The third kappa shape index (κ3) is 5.20. The van der Waals surface area contributed by atoms with E-state index in [1.54, 1.807) is 14.2 Å². The fourth-order valence-corrected chi connectivity index (χ4v) is 3.89. The van der Waals surface area contributed by atoms with Gasteiger partial charge in [-0.1, -0.05) is 18.2 Å². The second kappa shape index (κ2) is 9.71. The molecule has 1 amide bonds. The number of aliphatic imine (C=N–C) groups is 1. The Morgan fingerprint density at radius 1 is 1.33 bits per heavy atom. The number of hydrogen-bond acceptors (Lipinski definition) is 4. The minimum atomic E-state index is 0.0667. The molecule has 2 atom stereocenters. The van der Waals surface area contributed by atoms with Gasteiger partial charge in [0.15, 0.2) is 5.96 Å². The largest absolute Gasteiger partial charge is 0.383 e. The van der Waals surface area contributed by atoms with Crippen molar-refractivity contribution < 1.29 is 9.53 Å². The van der Waals surface area contributed by atoms with Gasteiger partial charge in [0.1, 0.15) is 0 Å². The quantitative estimate of drug-likeness (QED) is 0.553. The van der Waals surface area contributed by atoms with Crippen molar-refractivity contribution in [3.8, 4) is 0 Å². The first-order valence-corrected chi connectivity index (χ1v) is 9.77. The number of benzene rings is 1. The Labute approximate surface area is 161 Å². The molecule has 2 heterocycles. The Balaban J connectivity index is 1.49. The molecule has 0 radical (unpaired) electrons.